The Labute approximate surface area is 125 Å². The molecule has 7 heteroatoms. The summed E-state index contributed by atoms with van der Waals surface area (Å²) in [6.45, 7) is 7.44. The zero-order chi connectivity index (χ0) is 16.0. The van der Waals surface area contributed by atoms with E-state index in [-0.39, 0.29) is 12.5 Å². The van der Waals surface area contributed by atoms with E-state index in [1.807, 2.05) is 6.92 Å². The highest BCUT2D eigenvalue weighted by Gasteiger charge is 2.35. The minimum atomic E-state index is -0.836. The fourth-order valence-electron chi connectivity index (χ4n) is 2.41. The molecule has 0 spiro atoms. The molecule has 120 valence electrons. The van der Waals surface area contributed by atoms with Crippen molar-refractivity contribution in [2.75, 3.05) is 26.2 Å². The summed E-state index contributed by atoms with van der Waals surface area (Å²) >= 11 is 0. The van der Waals surface area contributed by atoms with E-state index in [9.17, 15) is 14.4 Å². The van der Waals surface area contributed by atoms with Crippen molar-refractivity contribution in [2.24, 2.45) is 17.8 Å². The average molecular weight is 299 g/mol. The second-order valence-electron chi connectivity index (χ2n) is 6.10. The van der Waals surface area contributed by atoms with E-state index in [0.29, 0.717) is 25.6 Å². The van der Waals surface area contributed by atoms with Gasteiger partial charge in [-0.15, -0.1) is 0 Å². The Kier molecular flexibility index (Phi) is 6.61. The first-order valence-electron chi connectivity index (χ1n) is 7.32. The zero-order valence-electron chi connectivity index (χ0n) is 12.9. The Morgan fingerprint density at radius 1 is 1.29 bits per heavy atom. The third-order valence-corrected chi connectivity index (χ3v) is 3.63. The number of urea groups is 1. The minimum absolute atomic E-state index is 0.00942. The summed E-state index contributed by atoms with van der Waals surface area (Å²) in [5, 5.41) is 13.9. The first-order valence-corrected chi connectivity index (χ1v) is 7.32. The van der Waals surface area contributed by atoms with E-state index in [0.717, 1.165) is 6.42 Å². The molecule has 1 saturated heterocycles. The van der Waals surface area contributed by atoms with Gasteiger partial charge in [-0.2, -0.15) is 0 Å². The number of nitrogens with zero attached hydrogens (tertiary/aromatic N) is 1. The average Bonchev–Trinajstić information content (AvgIpc) is 2.69. The van der Waals surface area contributed by atoms with Crippen LogP contribution in [0.15, 0.2) is 0 Å². The Bertz CT molecular complexity index is 398. The Balaban J connectivity index is 2.28. The van der Waals surface area contributed by atoms with Gasteiger partial charge in [0.2, 0.25) is 5.91 Å². The van der Waals surface area contributed by atoms with Crippen molar-refractivity contribution in [3.05, 3.63) is 0 Å². The topological polar surface area (TPSA) is 98.7 Å². The molecule has 2 atom stereocenters. The summed E-state index contributed by atoms with van der Waals surface area (Å²) in [5.74, 6) is -1.19. The molecule has 1 aliphatic heterocycles. The summed E-state index contributed by atoms with van der Waals surface area (Å²) in [5.41, 5.74) is 0. The largest absolute Gasteiger partial charge is 0.481 e. The number of carbonyl (C=O) groups is 3. The molecule has 1 rings (SSSR count). The Morgan fingerprint density at radius 2 is 1.95 bits per heavy atom. The first kappa shape index (κ1) is 17.4. The number of carboxylic acids is 1. The van der Waals surface area contributed by atoms with Crippen molar-refractivity contribution in [1.29, 1.82) is 0 Å². The van der Waals surface area contributed by atoms with Gasteiger partial charge in [-0.1, -0.05) is 20.8 Å². The van der Waals surface area contributed by atoms with Gasteiger partial charge in [-0.3, -0.25) is 19.8 Å². The van der Waals surface area contributed by atoms with Gasteiger partial charge < -0.3 is 10.4 Å². The second kappa shape index (κ2) is 7.97. The number of aliphatic carboxylic acids is 1. The molecule has 0 saturated carbocycles. The fourth-order valence-corrected chi connectivity index (χ4v) is 2.41. The maximum Gasteiger partial charge on any atom is 0.321 e. The molecule has 1 fully saturated rings. The molecule has 0 aromatic rings. The van der Waals surface area contributed by atoms with Gasteiger partial charge >= 0.3 is 12.0 Å². The maximum atomic E-state index is 11.7. The lowest BCUT2D eigenvalue weighted by Crippen LogP contribution is -2.44. The van der Waals surface area contributed by atoms with Gasteiger partial charge in [0, 0.05) is 19.6 Å². The highest BCUT2D eigenvalue weighted by Crippen LogP contribution is 2.22. The molecule has 0 bridgehead atoms. The molecule has 0 radical (unpaired) electrons. The number of likely N-dealkylation sites (tertiary alicyclic amines) is 1. The van der Waals surface area contributed by atoms with Crippen molar-refractivity contribution in [3.8, 4) is 0 Å². The maximum absolute atomic E-state index is 11.7. The van der Waals surface area contributed by atoms with E-state index in [2.05, 4.69) is 24.5 Å². The molecule has 2 unspecified atom stereocenters. The minimum Gasteiger partial charge on any atom is -0.481 e. The van der Waals surface area contributed by atoms with Crippen LogP contribution in [0, 0.1) is 17.8 Å². The zero-order valence-corrected chi connectivity index (χ0v) is 12.9. The van der Waals surface area contributed by atoms with E-state index in [1.54, 1.807) is 4.90 Å². The van der Waals surface area contributed by atoms with Crippen LogP contribution in [0.25, 0.3) is 0 Å². The van der Waals surface area contributed by atoms with Crippen LogP contribution >= 0.6 is 0 Å². The summed E-state index contributed by atoms with van der Waals surface area (Å²) in [7, 11) is 0. The van der Waals surface area contributed by atoms with E-state index < -0.39 is 23.8 Å². The number of hydrogen-bond acceptors (Lipinski definition) is 4. The highest BCUT2D eigenvalue weighted by atomic mass is 16.4. The molecule has 1 heterocycles. The molecule has 21 heavy (non-hydrogen) atoms. The predicted molar refractivity (Wildman–Crippen MR) is 77.7 cm³/mol. The van der Waals surface area contributed by atoms with Crippen LogP contribution in [-0.2, 0) is 9.59 Å². The monoisotopic (exact) mass is 299 g/mol. The molecule has 0 aliphatic carbocycles. The number of amides is 3. The number of rotatable bonds is 6. The first-order chi connectivity index (χ1) is 9.79. The number of imide groups is 1. The van der Waals surface area contributed by atoms with Gasteiger partial charge in [-0.25, -0.2) is 4.79 Å². The van der Waals surface area contributed by atoms with E-state index in [1.165, 1.54) is 0 Å². The number of carboxylic acid groups (broad SMARTS) is 1. The van der Waals surface area contributed by atoms with Crippen LogP contribution in [0.3, 0.4) is 0 Å². The molecule has 7 nitrogen and oxygen atoms in total. The third kappa shape index (κ3) is 6.12. The van der Waals surface area contributed by atoms with Gasteiger partial charge in [0.25, 0.3) is 0 Å². The lowest BCUT2D eigenvalue weighted by atomic mass is 9.99. The van der Waals surface area contributed by atoms with Crippen molar-refractivity contribution in [3.63, 3.8) is 0 Å². The van der Waals surface area contributed by atoms with Crippen LogP contribution in [0.1, 0.15) is 27.2 Å². The summed E-state index contributed by atoms with van der Waals surface area (Å²) < 4.78 is 0. The number of nitrogens with one attached hydrogen (secondary N) is 2. The van der Waals surface area contributed by atoms with Crippen molar-refractivity contribution >= 4 is 17.9 Å². The van der Waals surface area contributed by atoms with Crippen molar-refractivity contribution in [2.45, 2.75) is 27.2 Å². The van der Waals surface area contributed by atoms with Crippen molar-refractivity contribution in [1.82, 2.24) is 15.5 Å². The standard InChI is InChI=1S/C14H25N3O4/c1-9(2)4-5-15-14(21)16-12(18)8-17-6-10(3)11(7-17)13(19)20/h9-11H,4-8H2,1-3H3,(H,19,20)(H2,15,16,18,21). The lowest BCUT2D eigenvalue weighted by Gasteiger charge is -2.14. The molecule has 3 amide bonds. The van der Waals surface area contributed by atoms with Gasteiger partial charge in [0.1, 0.15) is 0 Å². The van der Waals surface area contributed by atoms with Gasteiger partial charge in [0.05, 0.1) is 12.5 Å². The normalized spacial score (nSPS) is 22.3. The third-order valence-electron chi connectivity index (χ3n) is 3.63. The second-order valence-corrected chi connectivity index (χ2v) is 6.10. The molecule has 0 aromatic carbocycles. The van der Waals surface area contributed by atoms with Crippen LogP contribution < -0.4 is 10.6 Å². The SMILES string of the molecule is CC(C)CCNC(=O)NC(=O)CN1CC(C)C(C(=O)O)C1. The van der Waals surface area contributed by atoms with Crippen molar-refractivity contribution < 1.29 is 19.5 Å². The summed E-state index contributed by atoms with van der Waals surface area (Å²) in [6, 6.07) is -0.498. The fraction of sp³-hybridized carbons (Fsp3) is 0.786. The summed E-state index contributed by atoms with van der Waals surface area (Å²) in [4.78, 5) is 36.0. The quantitative estimate of drug-likeness (QED) is 0.664. The van der Waals surface area contributed by atoms with Crippen LogP contribution in [-0.4, -0.2) is 54.1 Å². The molecule has 0 aromatic heterocycles. The Hall–Kier alpha value is -1.63. The van der Waals surface area contributed by atoms with Gasteiger partial charge in [-0.05, 0) is 18.3 Å². The molecular weight excluding hydrogens is 274 g/mol. The van der Waals surface area contributed by atoms with E-state index in [4.69, 9.17) is 5.11 Å². The number of carbonyl (C=O) groups excluding carboxylic acids is 2. The molecule has 1 aliphatic rings. The molecule has 3 N–H and O–H groups in total. The van der Waals surface area contributed by atoms with Crippen LogP contribution in [0.5, 0.6) is 0 Å². The highest BCUT2D eigenvalue weighted by molar-refractivity contribution is 5.95. The van der Waals surface area contributed by atoms with E-state index >= 15 is 0 Å². The van der Waals surface area contributed by atoms with Crippen LogP contribution in [0.4, 0.5) is 4.79 Å². The Morgan fingerprint density at radius 3 is 2.48 bits per heavy atom. The van der Waals surface area contributed by atoms with Crippen LogP contribution in [0.2, 0.25) is 0 Å². The smallest absolute Gasteiger partial charge is 0.321 e. The van der Waals surface area contributed by atoms with Gasteiger partial charge in [0.15, 0.2) is 0 Å². The summed E-state index contributed by atoms with van der Waals surface area (Å²) in [6.07, 6.45) is 0.853. The lowest BCUT2D eigenvalue weighted by molar-refractivity contribution is -0.142. The predicted octanol–water partition coefficient (Wildman–Crippen LogP) is 0.511. The molecular formula is C14H25N3O4. The number of hydrogen-bond donors (Lipinski definition) is 3.